The van der Waals surface area contributed by atoms with Crippen molar-refractivity contribution in [1.82, 2.24) is 4.98 Å². The summed E-state index contributed by atoms with van der Waals surface area (Å²) in [6.07, 6.45) is 0. The lowest BCUT2D eigenvalue weighted by atomic mass is 10.1. The molecule has 0 bridgehead atoms. The van der Waals surface area contributed by atoms with Crippen LogP contribution in [0.3, 0.4) is 0 Å². The van der Waals surface area contributed by atoms with Gasteiger partial charge in [0, 0.05) is 5.69 Å². The van der Waals surface area contributed by atoms with Gasteiger partial charge in [0.05, 0.1) is 17.8 Å². The lowest BCUT2D eigenvalue weighted by Crippen LogP contribution is -1.98. The lowest BCUT2D eigenvalue weighted by molar-refractivity contribution is 0.980. The molecule has 0 aliphatic carbocycles. The fraction of sp³-hybridized carbons (Fsp3) is 0.300. The molecule has 0 aliphatic rings. The molecule has 0 saturated heterocycles. The van der Waals surface area contributed by atoms with Gasteiger partial charge in [-0.15, -0.1) is 0 Å². The fourth-order valence-electron chi connectivity index (χ4n) is 1.18. The second-order valence-corrected chi connectivity index (χ2v) is 2.90. The second-order valence-electron chi connectivity index (χ2n) is 2.90. The van der Waals surface area contributed by atoms with Crippen LogP contribution >= 0.6 is 0 Å². The fourth-order valence-corrected chi connectivity index (χ4v) is 1.18. The Hall–Kier alpha value is -1.87. The monoisotopic (exact) mass is 171 g/mol. The molecule has 64 valence electrons. The SMILES string of the molecule is Cc1cc(C)nc(C(C#N)C#N)c1. The summed E-state index contributed by atoms with van der Waals surface area (Å²) in [5.74, 6) is -0.751. The molecular formula is C10H9N3. The van der Waals surface area contributed by atoms with E-state index in [9.17, 15) is 0 Å². The molecule has 1 aromatic heterocycles. The number of aromatic nitrogens is 1. The minimum Gasteiger partial charge on any atom is -0.256 e. The van der Waals surface area contributed by atoms with Gasteiger partial charge in [-0.3, -0.25) is 4.98 Å². The molecule has 0 spiro atoms. The van der Waals surface area contributed by atoms with Gasteiger partial charge in [-0.25, -0.2) is 0 Å². The Morgan fingerprint density at radius 1 is 1.23 bits per heavy atom. The van der Waals surface area contributed by atoms with Crippen molar-refractivity contribution >= 4 is 0 Å². The molecule has 1 aromatic rings. The molecule has 0 radical (unpaired) electrons. The Bertz CT molecular complexity index is 361. The molecule has 0 fully saturated rings. The van der Waals surface area contributed by atoms with Crippen molar-refractivity contribution in [3.8, 4) is 12.1 Å². The van der Waals surface area contributed by atoms with E-state index >= 15 is 0 Å². The number of rotatable bonds is 1. The van der Waals surface area contributed by atoms with Crippen LogP contribution in [0.1, 0.15) is 22.9 Å². The summed E-state index contributed by atoms with van der Waals surface area (Å²) in [7, 11) is 0. The predicted molar refractivity (Wildman–Crippen MR) is 47.7 cm³/mol. The molecule has 3 nitrogen and oxygen atoms in total. The van der Waals surface area contributed by atoms with E-state index in [4.69, 9.17) is 10.5 Å². The Balaban J connectivity index is 3.17. The summed E-state index contributed by atoms with van der Waals surface area (Å²) >= 11 is 0. The molecule has 0 N–H and O–H groups in total. The van der Waals surface area contributed by atoms with Gasteiger partial charge in [0.25, 0.3) is 0 Å². The lowest BCUT2D eigenvalue weighted by Gasteiger charge is -2.02. The van der Waals surface area contributed by atoms with Crippen molar-refractivity contribution in [3.63, 3.8) is 0 Å². The van der Waals surface area contributed by atoms with Gasteiger partial charge < -0.3 is 0 Å². The predicted octanol–water partition coefficient (Wildman–Crippen LogP) is 1.83. The Labute approximate surface area is 77.3 Å². The van der Waals surface area contributed by atoms with Gasteiger partial charge in [0.15, 0.2) is 5.92 Å². The van der Waals surface area contributed by atoms with E-state index in [1.54, 1.807) is 6.07 Å². The summed E-state index contributed by atoms with van der Waals surface area (Å²) in [6.45, 7) is 3.77. The molecular weight excluding hydrogens is 162 g/mol. The van der Waals surface area contributed by atoms with Crippen molar-refractivity contribution in [1.29, 1.82) is 10.5 Å². The Morgan fingerprint density at radius 3 is 2.31 bits per heavy atom. The van der Waals surface area contributed by atoms with Crippen molar-refractivity contribution in [2.75, 3.05) is 0 Å². The van der Waals surface area contributed by atoms with Gasteiger partial charge in [-0.05, 0) is 31.5 Å². The van der Waals surface area contributed by atoms with E-state index in [0.717, 1.165) is 11.3 Å². The number of aryl methyl sites for hydroxylation is 2. The van der Waals surface area contributed by atoms with E-state index in [1.165, 1.54) is 0 Å². The molecule has 0 amide bonds. The van der Waals surface area contributed by atoms with Gasteiger partial charge >= 0.3 is 0 Å². The standard InChI is InChI=1S/C10H9N3/c1-7-3-8(2)13-10(4-7)9(5-11)6-12/h3-4,9H,1-2H3. The third kappa shape index (κ3) is 2.04. The normalized spacial score (nSPS) is 9.31. The summed E-state index contributed by atoms with van der Waals surface area (Å²) in [5.41, 5.74) is 2.41. The molecule has 0 saturated carbocycles. The van der Waals surface area contributed by atoms with E-state index in [-0.39, 0.29) is 0 Å². The van der Waals surface area contributed by atoms with Crippen LogP contribution in [-0.2, 0) is 0 Å². The van der Waals surface area contributed by atoms with Gasteiger partial charge in [0.2, 0.25) is 0 Å². The first-order valence-electron chi connectivity index (χ1n) is 3.92. The van der Waals surface area contributed by atoms with Crippen LogP contribution in [0.5, 0.6) is 0 Å². The maximum Gasteiger partial charge on any atom is 0.175 e. The minimum atomic E-state index is -0.751. The van der Waals surface area contributed by atoms with Crippen LogP contribution in [0.2, 0.25) is 0 Å². The maximum absolute atomic E-state index is 8.65. The Kier molecular flexibility index (Phi) is 2.62. The van der Waals surface area contributed by atoms with Crippen molar-refractivity contribution in [2.24, 2.45) is 0 Å². The topological polar surface area (TPSA) is 60.5 Å². The Morgan fingerprint density at radius 2 is 1.85 bits per heavy atom. The molecule has 0 unspecified atom stereocenters. The number of hydrogen-bond donors (Lipinski definition) is 0. The molecule has 0 aromatic carbocycles. The first kappa shape index (κ1) is 9.22. The number of nitrogens with zero attached hydrogens (tertiary/aromatic N) is 3. The van der Waals surface area contributed by atoms with E-state index in [0.29, 0.717) is 5.69 Å². The molecule has 13 heavy (non-hydrogen) atoms. The molecule has 0 atom stereocenters. The van der Waals surface area contributed by atoms with E-state index in [2.05, 4.69) is 4.98 Å². The zero-order valence-electron chi connectivity index (χ0n) is 7.57. The third-order valence-corrected chi connectivity index (χ3v) is 1.67. The molecule has 1 heterocycles. The van der Waals surface area contributed by atoms with Crippen molar-refractivity contribution < 1.29 is 0 Å². The average Bonchev–Trinajstić information content (AvgIpc) is 2.04. The van der Waals surface area contributed by atoms with Crippen LogP contribution in [0.25, 0.3) is 0 Å². The highest BCUT2D eigenvalue weighted by Crippen LogP contribution is 2.13. The maximum atomic E-state index is 8.65. The smallest absolute Gasteiger partial charge is 0.175 e. The van der Waals surface area contributed by atoms with E-state index < -0.39 is 5.92 Å². The van der Waals surface area contributed by atoms with Crippen LogP contribution in [-0.4, -0.2) is 4.98 Å². The first-order valence-corrected chi connectivity index (χ1v) is 3.92. The molecule has 3 heteroatoms. The van der Waals surface area contributed by atoms with Crippen LogP contribution < -0.4 is 0 Å². The summed E-state index contributed by atoms with van der Waals surface area (Å²) in [4.78, 5) is 4.13. The largest absolute Gasteiger partial charge is 0.256 e. The summed E-state index contributed by atoms with van der Waals surface area (Å²) < 4.78 is 0. The number of hydrogen-bond acceptors (Lipinski definition) is 3. The number of pyridine rings is 1. The van der Waals surface area contributed by atoms with Crippen molar-refractivity contribution in [2.45, 2.75) is 19.8 Å². The zero-order chi connectivity index (χ0) is 9.84. The third-order valence-electron chi connectivity index (χ3n) is 1.67. The van der Waals surface area contributed by atoms with Crippen LogP contribution in [0.15, 0.2) is 12.1 Å². The van der Waals surface area contributed by atoms with Gasteiger partial charge in [-0.1, -0.05) is 0 Å². The quantitative estimate of drug-likeness (QED) is 0.647. The van der Waals surface area contributed by atoms with Gasteiger partial charge in [-0.2, -0.15) is 10.5 Å². The van der Waals surface area contributed by atoms with Crippen LogP contribution in [0, 0.1) is 36.5 Å². The first-order chi connectivity index (χ1) is 6.17. The zero-order valence-corrected chi connectivity index (χ0v) is 7.57. The summed E-state index contributed by atoms with van der Waals surface area (Å²) in [6, 6.07) is 7.48. The highest BCUT2D eigenvalue weighted by Gasteiger charge is 2.10. The van der Waals surface area contributed by atoms with Crippen molar-refractivity contribution in [3.05, 3.63) is 29.1 Å². The minimum absolute atomic E-state index is 0.544. The highest BCUT2D eigenvalue weighted by molar-refractivity contribution is 5.29. The van der Waals surface area contributed by atoms with E-state index in [1.807, 2.05) is 32.1 Å². The van der Waals surface area contributed by atoms with Gasteiger partial charge in [0.1, 0.15) is 0 Å². The number of nitriles is 2. The second kappa shape index (κ2) is 3.69. The molecule has 0 aliphatic heterocycles. The highest BCUT2D eigenvalue weighted by atomic mass is 14.7. The summed E-state index contributed by atoms with van der Waals surface area (Å²) in [5, 5.41) is 17.3. The average molecular weight is 171 g/mol. The van der Waals surface area contributed by atoms with Crippen LogP contribution in [0.4, 0.5) is 0 Å². The molecule has 1 rings (SSSR count).